The lowest BCUT2D eigenvalue weighted by Gasteiger charge is -1.98. The maximum atomic E-state index is 12.9. The summed E-state index contributed by atoms with van der Waals surface area (Å²) in [5.41, 5.74) is 7.72. The fourth-order valence-electron chi connectivity index (χ4n) is 1.40. The van der Waals surface area contributed by atoms with Crippen molar-refractivity contribution in [2.24, 2.45) is 5.73 Å². The van der Waals surface area contributed by atoms with Crippen LogP contribution < -0.4 is 5.73 Å². The van der Waals surface area contributed by atoms with Gasteiger partial charge in [-0.1, -0.05) is 6.07 Å². The van der Waals surface area contributed by atoms with Gasteiger partial charge in [0.05, 0.1) is 0 Å². The number of nitrogens with two attached hydrogens (primary N) is 1. The van der Waals surface area contributed by atoms with E-state index < -0.39 is 11.6 Å². The highest BCUT2D eigenvalue weighted by molar-refractivity contribution is 5.63. The molecule has 1 aromatic heterocycles. The van der Waals surface area contributed by atoms with Crippen LogP contribution in [0.2, 0.25) is 0 Å². The highest BCUT2D eigenvalue weighted by atomic mass is 19.2. The third kappa shape index (κ3) is 1.89. The lowest BCUT2D eigenvalue weighted by atomic mass is 10.1. The number of rotatable bonds is 2. The van der Waals surface area contributed by atoms with E-state index in [1.807, 2.05) is 6.07 Å². The van der Waals surface area contributed by atoms with Gasteiger partial charge in [0.1, 0.15) is 0 Å². The second kappa shape index (κ2) is 3.82. The smallest absolute Gasteiger partial charge is 0.159 e. The molecule has 0 aliphatic carbocycles. The van der Waals surface area contributed by atoms with Gasteiger partial charge in [0.25, 0.3) is 0 Å². The average molecular weight is 208 g/mol. The Morgan fingerprint density at radius 1 is 1.07 bits per heavy atom. The zero-order valence-electron chi connectivity index (χ0n) is 7.93. The van der Waals surface area contributed by atoms with Crippen molar-refractivity contribution in [3.05, 3.63) is 47.8 Å². The first-order chi connectivity index (χ1) is 7.20. The molecule has 0 fully saturated rings. The SMILES string of the molecule is NCc1cc(-c2ccc(F)c(F)c2)c[nH]1. The molecule has 0 atom stereocenters. The molecular formula is C11H10F2N2. The maximum Gasteiger partial charge on any atom is 0.159 e. The highest BCUT2D eigenvalue weighted by Gasteiger charge is 2.05. The normalized spacial score (nSPS) is 10.6. The average Bonchev–Trinajstić information content (AvgIpc) is 2.70. The van der Waals surface area contributed by atoms with Crippen molar-refractivity contribution in [3.8, 4) is 11.1 Å². The number of benzene rings is 1. The molecular weight excluding hydrogens is 198 g/mol. The summed E-state index contributed by atoms with van der Waals surface area (Å²) in [6, 6.07) is 5.62. The summed E-state index contributed by atoms with van der Waals surface area (Å²) in [5, 5.41) is 0. The molecule has 0 bridgehead atoms. The van der Waals surface area contributed by atoms with Gasteiger partial charge in [-0.3, -0.25) is 0 Å². The van der Waals surface area contributed by atoms with Crippen molar-refractivity contribution in [2.45, 2.75) is 6.54 Å². The van der Waals surface area contributed by atoms with Crippen LogP contribution in [0.25, 0.3) is 11.1 Å². The topological polar surface area (TPSA) is 41.8 Å². The Bertz CT molecular complexity index is 477. The van der Waals surface area contributed by atoms with E-state index >= 15 is 0 Å². The van der Waals surface area contributed by atoms with E-state index in [1.165, 1.54) is 12.1 Å². The molecule has 0 amide bonds. The number of halogens is 2. The van der Waals surface area contributed by atoms with E-state index in [2.05, 4.69) is 4.98 Å². The molecule has 3 N–H and O–H groups in total. The van der Waals surface area contributed by atoms with E-state index in [4.69, 9.17) is 5.73 Å². The van der Waals surface area contributed by atoms with Crippen LogP contribution in [0.5, 0.6) is 0 Å². The zero-order chi connectivity index (χ0) is 10.8. The highest BCUT2D eigenvalue weighted by Crippen LogP contribution is 2.22. The molecule has 0 saturated heterocycles. The van der Waals surface area contributed by atoms with Crippen molar-refractivity contribution in [1.29, 1.82) is 0 Å². The molecule has 0 aliphatic rings. The van der Waals surface area contributed by atoms with Crippen molar-refractivity contribution < 1.29 is 8.78 Å². The van der Waals surface area contributed by atoms with Crippen LogP contribution in [0, 0.1) is 11.6 Å². The Balaban J connectivity index is 2.40. The molecule has 2 nitrogen and oxygen atoms in total. The van der Waals surface area contributed by atoms with Crippen LogP contribution in [0.15, 0.2) is 30.5 Å². The number of nitrogens with one attached hydrogen (secondary N) is 1. The predicted molar refractivity (Wildman–Crippen MR) is 54.0 cm³/mol. The summed E-state index contributed by atoms with van der Waals surface area (Å²) < 4.78 is 25.6. The third-order valence-corrected chi connectivity index (χ3v) is 2.22. The summed E-state index contributed by atoms with van der Waals surface area (Å²) in [4.78, 5) is 2.95. The summed E-state index contributed by atoms with van der Waals surface area (Å²) >= 11 is 0. The van der Waals surface area contributed by atoms with Crippen molar-refractivity contribution >= 4 is 0 Å². The Labute approximate surface area is 85.7 Å². The first-order valence-corrected chi connectivity index (χ1v) is 4.53. The molecule has 1 aromatic carbocycles. The Kier molecular flexibility index (Phi) is 2.51. The van der Waals surface area contributed by atoms with E-state index in [-0.39, 0.29) is 0 Å². The van der Waals surface area contributed by atoms with E-state index in [9.17, 15) is 8.78 Å². The van der Waals surface area contributed by atoms with E-state index in [0.717, 1.165) is 17.3 Å². The van der Waals surface area contributed by atoms with Crippen LogP contribution in [0.1, 0.15) is 5.69 Å². The number of aromatic amines is 1. The monoisotopic (exact) mass is 208 g/mol. The zero-order valence-corrected chi connectivity index (χ0v) is 7.93. The Hall–Kier alpha value is -1.68. The quantitative estimate of drug-likeness (QED) is 0.781. The molecule has 0 saturated carbocycles. The van der Waals surface area contributed by atoms with Crippen LogP contribution >= 0.6 is 0 Å². The van der Waals surface area contributed by atoms with Crippen molar-refractivity contribution in [3.63, 3.8) is 0 Å². The maximum absolute atomic E-state index is 12.9. The van der Waals surface area contributed by atoms with Crippen molar-refractivity contribution in [1.82, 2.24) is 4.98 Å². The molecule has 1 heterocycles. The molecule has 15 heavy (non-hydrogen) atoms. The summed E-state index contributed by atoms with van der Waals surface area (Å²) in [5.74, 6) is -1.68. The second-order valence-corrected chi connectivity index (χ2v) is 3.25. The number of aromatic nitrogens is 1. The van der Waals surface area contributed by atoms with Gasteiger partial charge >= 0.3 is 0 Å². The predicted octanol–water partition coefficient (Wildman–Crippen LogP) is 2.42. The second-order valence-electron chi connectivity index (χ2n) is 3.25. The van der Waals surface area contributed by atoms with Crippen LogP contribution in [0.3, 0.4) is 0 Å². The standard InChI is InChI=1S/C11H10F2N2/c12-10-2-1-7(4-11(10)13)8-3-9(5-14)15-6-8/h1-4,6,15H,5,14H2. The summed E-state index contributed by atoms with van der Waals surface area (Å²) in [7, 11) is 0. The first-order valence-electron chi connectivity index (χ1n) is 4.53. The minimum absolute atomic E-state index is 0.393. The molecule has 0 spiro atoms. The Morgan fingerprint density at radius 2 is 1.87 bits per heavy atom. The first kappa shape index (κ1) is 9.86. The van der Waals surface area contributed by atoms with Gasteiger partial charge in [-0.05, 0) is 29.3 Å². The van der Waals surface area contributed by atoms with Gasteiger partial charge < -0.3 is 10.7 Å². The lowest BCUT2D eigenvalue weighted by molar-refractivity contribution is 0.509. The van der Waals surface area contributed by atoms with Crippen molar-refractivity contribution in [2.75, 3.05) is 0 Å². The van der Waals surface area contributed by atoms with Gasteiger partial charge in [0, 0.05) is 18.4 Å². The summed E-state index contributed by atoms with van der Waals surface area (Å²) in [6.45, 7) is 0.393. The lowest BCUT2D eigenvalue weighted by Crippen LogP contribution is -1.94. The number of hydrogen-bond donors (Lipinski definition) is 2. The van der Waals surface area contributed by atoms with Crippen LogP contribution in [-0.4, -0.2) is 4.98 Å². The van der Waals surface area contributed by atoms with Gasteiger partial charge in [-0.25, -0.2) is 8.78 Å². The molecule has 2 aromatic rings. The van der Waals surface area contributed by atoms with Crippen LogP contribution in [-0.2, 0) is 6.54 Å². The van der Waals surface area contributed by atoms with Gasteiger partial charge in [-0.15, -0.1) is 0 Å². The Morgan fingerprint density at radius 3 is 2.47 bits per heavy atom. The molecule has 2 rings (SSSR count). The molecule has 0 radical (unpaired) electrons. The van der Waals surface area contributed by atoms with Gasteiger partial charge in [-0.2, -0.15) is 0 Å². The van der Waals surface area contributed by atoms with E-state index in [1.54, 1.807) is 6.20 Å². The van der Waals surface area contributed by atoms with Crippen LogP contribution in [0.4, 0.5) is 8.78 Å². The molecule has 0 unspecified atom stereocenters. The largest absolute Gasteiger partial charge is 0.363 e. The number of hydrogen-bond acceptors (Lipinski definition) is 1. The van der Waals surface area contributed by atoms with E-state index in [0.29, 0.717) is 12.1 Å². The molecule has 78 valence electrons. The minimum Gasteiger partial charge on any atom is -0.363 e. The third-order valence-electron chi connectivity index (χ3n) is 2.22. The minimum atomic E-state index is -0.844. The van der Waals surface area contributed by atoms with Gasteiger partial charge in [0.15, 0.2) is 11.6 Å². The van der Waals surface area contributed by atoms with Gasteiger partial charge in [0.2, 0.25) is 0 Å². The fourth-order valence-corrected chi connectivity index (χ4v) is 1.40. The summed E-state index contributed by atoms with van der Waals surface area (Å²) in [6.07, 6.45) is 1.72. The number of H-pyrrole nitrogens is 1. The fraction of sp³-hybridized carbons (Fsp3) is 0.0909. The molecule has 4 heteroatoms. The molecule has 0 aliphatic heterocycles.